The second-order valence-electron chi connectivity index (χ2n) is 17.2. The Kier molecular flexibility index (Phi) is 8.47. The van der Waals surface area contributed by atoms with E-state index in [1.54, 1.807) is 0 Å². The molecule has 65 heavy (non-hydrogen) atoms. The molecule has 0 fully saturated rings. The van der Waals surface area contributed by atoms with Crippen molar-refractivity contribution in [2.45, 2.75) is 5.41 Å². The lowest BCUT2D eigenvalue weighted by Crippen LogP contribution is -2.28. The Morgan fingerprint density at radius 3 is 1.58 bits per heavy atom. The van der Waals surface area contributed by atoms with E-state index in [0.29, 0.717) is 0 Å². The second kappa shape index (κ2) is 14.8. The highest BCUT2D eigenvalue weighted by molar-refractivity contribution is 6.10. The molecule has 0 amide bonds. The predicted molar refractivity (Wildman–Crippen MR) is 272 cm³/mol. The Balaban J connectivity index is 0.999. The molecule has 2 heteroatoms. The summed E-state index contributed by atoms with van der Waals surface area (Å²) in [6.07, 6.45) is 0. The normalized spacial score (nSPS) is 12.7. The summed E-state index contributed by atoms with van der Waals surface area (Å²) in [5, 5.41) is 7.18. The van der Waals surface area contributed by atoms with Gasteiger partial charge in [-0.1, -0.05) is 200 Å². The van der Waals surface area contributed by atoms with Gasteiger partial charge in [-0.25, -0.2) is 0 Å². The zero-order chi connectivity index (χ0) is 42.9. The number of rotatable bonds is 7. The maximum Gasteiger partial charge on any atom is 0.135 e. The first-order valence-corrected chi connectivity index (χ1v) is 22.4. The van der Waals surface area contributed by atoms with Gasteiger partial charge in [-0.05, 0) is 126 Å². The second-order valence-corrected chi connectivity index (χ2v) is 17.2. The van der Waals surface area contributed by atoms with Crippen LogP contribution < -0.4 is 4.90 Å². The number of furan rings is 1. The number of anilines is 3. The summed E-state index contributed by atoms with van der Waals surface area (Å²) in [6.45, 7) is 0. The zero-order valence-corrected chi connectivity index (χ0v) is 35.5. The molecule has 0 bridgehead atoms. The first kappa shape index (κ1) is 37.1. The first-order valence-electron chi connectivity index (χ1n) is 22.4. The van der Waals surface area contributed by atoms with E-state index < -0.39 is 5.41 Å². The largest absolute Gasteiger partial charge is 0.456 e. The predicted octanol–water partition coefficient (Wildman–Crippen LogP) is 17.1. The summed E-state index contributed by atoms with van der Waals surface area (Å²) >= 11 is 0. The van der Waals surface area contributed by atoms with Crippen molar-refractivity contribution in [1.82, 2.24) is 0 Å². The molecular formula is C63H41NO. The Hall–Kier alpha value is -8.46. The highest BCUT2D eigenvalue weighted by Gasteiger charge is 2.46. The summed E-state index contributed by atoms with van der Waals surface area (Å²) in [5.74, 6) is 0. The fourth-order valence-electron chi connectivity index (χ4n) is 10.9. The lowest BCUT2D eigenvalue weighted by Gasteiger charge is -2.35. The van der Waals surface area contributed by atoms with Gasteiger partial charge in [-0.3, -0.25) is 0 Å². The first-order chi connectivity index (χ1) is 32.2. The molecule has 304 valence electrons. The van der Waals surface area contributed by atoms with Gasteiger partial charge in [-0.15, -0.1) is 0 Å². The molecule has 11 aromatic carbocycles. The molecule has 0 aliphatic heterocycles. The van der Waals surface area contributed by atoms with E-state index in [1.807, 2.05) is 6.07 Å². The number of nitrogens with zero attached hydrogens (tertiary/aromatic N) is 1. The van der Waals surface area contributed by atoms with Crippen LogP contribution in [0, 0.1) is 0 Å². The van der Waals surface area contributed by atoms with Crippen molar-refractivity contribution in [1.29, 1.82) is 0 Å². The van der Waals surface area contributed by atoms with Crippen LogP contribution in [0.15, 0.2) is 253 Å². The summed E-state index contributed by atoms with van der Waals surface area (Å²) in [5.41, 5.74) is 16.9. The van der Waals surface area contributed by atoms with Gasteiger partial charge in [0.2, 0.25) is 0 Å². The molecular weight excluding hydrogens is 787 g/mol. The number of para-hydroxylation sites is 1. The highest BCUT2D eigenvalue weighted by Crippen LogP contribution is 2.57. The van der Waals surface area contributed by atoms with E-state index >= 15 is 0 Å². The van der Waals surface area contributed by atoms with Crippen LogP contribution in [-0.4, -0.2) is 0 Å². The van der Waals surface area contributed by atoms with Gasteiger partial charge >= 0.3 is 0 Å². The molecule has 0 atom stereocenters. The van der Waals surface area contributed by atoms with Crippen molar-refractivity contribution >= 4 is 60.5 Å². The van der Waals surface area contributed by atoms with E-state index in [4.69, 9.17) is 4.42 Å². The van der Waals surface area contributed by atoms with Crippen LogP contribution in [0.1, 0.15) is 22.3 Å². The molecule has 1 heterocycles. The Morgan fingerprint density at radius 1 is 0.292 bits per heavy atom. The Labute approximate surface area is 377 Å². The molecule has 0 saturated carbocycles. The third kappa shape index (κ3) is 5.74. The summed E-state index contributed by atoms with van der Waals surface area (Å²) in [6, 6.07) is 90.9. The van der Waals surface area contributed by atoms with E-state index in [0.717, 1.165) is 39.0 Å². The smallest absolute Gasteiger partial charge is 0.135 e. The number of hydrogen-bond acceptors (Lipinski definition) is 2. The minimum absolute atomic E-state index is 0.524. The summed E-state index contributed by atoms with van der Waals surface area (Å²) in [4.78, 5) is 2.41. The molecule has 0 radical (unpaired) electrons. The minimum Gasteiger partial charge on any atom is -0.456 e. The van der Waals surface area contributed by atoms with Crippen molar-refractivity contribution in [3.05, 3.63) is 271 Å². The van der Waals surface area contributed by atoms with E-state index in [1.165, 1.54) is 77.2 Å². The van der Waals surface area contributed by atoms with Crippen molar-refractivity contribution in [3.8, 4) is 33.4 Å². The minimum atomic E-state index is -0.524. The molecule has 0 N–H and O–H groups in total. The van der Waals surface area contributed by atoms with Gasteiger partial charge in [-0.2, -0.15) is 0 Å². The molecule has 2 nitrogen and oxygen atoms in total. The van der Waals surface area contributed by atoms with E-state index in [2.05, 4.69) is 248 Å². The highest BCUT2D eigenvalue weighted by atomic mass is 16.3. The van der Waals surface area contributed by atoms with Crippen LogP contribution in [-0.2, 0) is 5.41 Å². The van der Waals surface area contributed by atoms with Gasteiger partial charge in [0.25, 0.3) is 0 Å². The van der Waals surface area contributed by atoms with Crippen LogP contribution in [0.5, 0.6) is 0 Å². The van der Waals surface area contributed by atoms with Crippen LogP contribution >= 0.6 is 0 Å². The van der Waals surface area contributed by atoms with Crippen LogP contribution in [0.2, 0.25) is 0 Å². The molecule has 12 aromatic rings. The van der Waals surface area contributed by atoms with Crippen LogP contribution in [0.25, 0.3) is 76.9 Å². The fraction of sp³-hybridized carbons (Fsp3) is 0.0159. The van der Waals surface area contributed by atoms with E-state index in [-0.39, 0.29) is 0 Å². The third-order valence-electron chi connectivity index (χ3n) is 13.8. The lowest BCUT2D eigenvalue weighted by molar-refractivity contribution is 0.669. The molecule has 1 aromatic heterocycles. The summed E-state index contributed by atoms with van der Waals surface area (Å²) < 4.78 is 6.36. The zero-order valence-electron chi connectivity index (χ0n) is 35.5. The SMILES string of the molecule is c1ccc(C2(c3ccccc3)c3ccccc3-c3ccc(N(c4ccc(-c5cccc6c(-c7cccc8ccccc78)cccc56)cc4)c4ccc5oc6ccccc6c5c4)cc32)cc1. The molecule has 0 saturated heterocycles. The van der Waals surface area contributed by atoms with Crippen molar-refractivity contribution < 1.29 is 4.42 Å². The van der Waals surface area contributed by atoms with Crippen molar-refractivity contribution in [3.63, 3.8) is 0 Å². The van der Waals surface area contributed by atoms with Crippen molar-refractivity contribution in [2.75, 3.05) is 4.90 Å². The number of benzene rings is 11. The van der Waals surface area contributed by atoms with Gasteiger partial charge < -0.3 is 9.32 Å². The summed E-state index contributed by atoms with van der Waals surface area (Å²) in [7, 11) is 0. The van der Waals surface area contributed by atoms with Crippen LogP contribution in [0.4, 0.5) is 17.1 Å². The Morgan fingerprint density at radius 2 is 0.800 bits per heavy atom. The molecule has 1 aliphatic carbocycles. The van der Waals surface area contributed by atoms with E-state index in [9.17, 15) is 0 Å². The van der Waals surface area contributed by atoms with Crippen molar-refractivity contribution in [2.24, 2.45) is 0 Å². The maximum atomic E-state index is 6.36. The standard InChI is InChI=1S/C63H41NO/c1-3-18-44(19-4-1)63(45-20-5-2-6-21-45)59-30-11-9-23-55(59)56-38-36-48(41-60(56)63)64(47-37-39-62-58(40-47)57-24-10-12-31-61(57)65-62)46-34-32-43(33-35-46)50-25-14-28-53-52(50)27-15-29-54(53)51-26-13-17-42-16-7-8-22-49(42)51/h1-41H. The molecule has 13 rings (SSSR count). The average Bonchev–Trinajstić information content (AvgIpc) is 3.90. The lowest BCUT2D eigenvalue weighted by atomic mass is 9.67. The topological polar surface area (TPSA) is 16.4 Å². The number of fused-ring (bicyclic) bond motifs is 8. The monoisotopic (exact) mass is 827 g/mol. The molecule has 0 spiro atoms. The van der Waals surface area contributed by atoms with Gasteiger partial charge in [0.15, 0.2) is 0 Å². The fourth-order valence-corrected chi connectivity index (χ4v) is 10.9. The quantitative estimate of drug-likeness (QED) is 0.159. The molecule has 0 unspecified atom stereocenters. The molecule has 1 aliphatic rings. The van der Waals surface area contributed by atoms with Gasteiger partial charge in [0.05, 0.1) is 5.41 Å². The Bertz CT molecular complexity index is 3730. The number of hydrogen-bond donors (Lipinski definition) is 0. The van der Waals surface area contributed by atoms with Crippen LogP contribution in [0.3, 0.4) is 0 Å². The van der Waals surface area contributed by atoms with Gasteiger partial charge in [0.1, 0.15) is 11.2 Å². The average molecular weight is 828 g/mol. The maximum absolute atomic E-state index is 6.36. The van der Waals surface area contributed by atoms with Gasteiger partial charge in [0, 0.05) is 27.8 Å². The third-order valence-corrected chi connectivity index (χ3v) is 13.8.